The molecule has 1 aliphatic heterocycles. The Morgan fingerprint density at radius 3 is 2.83 bits per heavy atom. The molecule has 2 heterocycles. The zero-order valence-electron chi connectivity index (χ0n) is 13.9. The number of aromatic nitrogens is 2. The van der Waals surface area contributed by atoms with Crippen molar-refractivity contribution in [3.05, 3.63) is 53.6 Å². The largest absolute Gasteiger partial charge is 0.309 e. The molecule has 1 saturated heterocycles. The van der Waals surface area contributed by atoms with Gasteiger partial charge in [-0.1, -0.05) is 30.0 Å². The molecule has 1 aliphatic rings. The normalized spacial score (nSPS) is 18.7. The van der Waals surface area contributed by atoms with Crippen molar-refractivity contribution < 1.29 is 4.39 Å². The molecule has 1 atom stereocenters. The van der Waals surface area contributed by atoms with Gasteiger partial charge in [-0.25, -0.2) is 14.4 Å². The van der Waals surface area contributed by atoms with Gasteiger partial charge in [0.1, 0.15) is 5.82 Å². The van der Waals surface area contributed by atoms with Crippen molar-refractivity contribution in [3.8, 4) is 0 Å². The lowest BCUT2D eigenvalue weighted by Crippen LogP contribution is -2.45. The smallest absolute Gasteiger partial charge is 0.187 e. The highest BCUT2D eigenvalue weighted by Crippen LogP contribution is 2.16. The molecule has 4 nitrogen and oxygen atoms in total. The van der Waals surface area contributed by atoms with E-state index in [0.717, 1.165) is 48.8 Å². The van der Waals surface area contributed by atoms with Crippen LogP contribution in [0.2, 0.25) is 0 Å². The fourth-order valence-electron chi connectivity index (χ4n) is 3.04. The predicted octanol–water partition coefficient (Wildman–Crippen LogP) is 3.09. The minimum atomic E-state index is -0.112. The van der Waals surface area contributed by atoms with E-state index in [1.165, 1.54) is 6.07 Å². The predicted molar refractivity (Wildman–Crippen MR) is 95.4 cm³/mol. The molecule has 1 fully saturated rings. The SMILES string of the molecule is CSc1ncc(CN[C@H]2CCCN(Cc3ccccc3F)C2)cn1. The maximum absolute atomic E-state index is 13.8. The molecule has 3 rings (SSSR count). The monoisotopic (exact) mass is 346 g/mol. The van der Waals surface area contributed by atoms with Crippen LogP contribution < -0.4 is 5.32 Å². The molecular formula is C18H23FN4S. The average molecular weight is 346 g/mol. The molecule has 0 amide bonds. The van der Waals surface area contributed by atoms with E-state index in [4.69, 9.17) is 0 Å². The van der Waals surface area contributed by atoms with Crippen LogP contribution in [0.4, 0.5) is 4.39 Å². The second-order valence-electron chi connectivity index (χ2n) is 6.12. The summed E-state index contributed by atoms with van der Waals surface area (Å²) in [5.74, 6) is -0.112. The number of nitrogens with one attached hydrogen (secondary N) is 1. The number of thioether (sulfide) groups is 1. The van der Waals surface area contributed by atoms with E-state index in [-0.39, 0.29) is 5.82 Å². The molecule has 0 saturated carbocycles. The van der Waals surface area contributed by atoms with Crippen LogP contribution in [0.15, 0.2) is 41.8 Å². The summed E-state index contributed by atoms with van der Waals surface area (Å²) in [5.41, 5.74) is 1.87. The Labute approximate surface area is 146 Å². The van der Waals surface area contributed by atoms with E-state index in [2.05, 4.69) is 20.2 Å². The fraction of sp³-hybridized carbons (Fsp3) is 0.444. The Morgan fingerprint density at radius 2 is 2.08 bits per heavy atom. The summed E-state index contributed by atoms with van der Waals surface area (Å²) in [6.45, 7) is 3.42. The van der Waals surface area contributed by atoms with Crippen LogP contribution in [0, 0.1) is 5.82 Å². The van der Waals surface area contributed by atoms with Gasteiger partial charge < -0.3 is 5.32 Å². The maximum Gasteiger partial charge on any atom is 0.187 e. The van der Waals surface area contributed by atoms with Crippen LogP contribution in [0.1, 0.15) is 24.0 Å². The van der Waals surface area contributed by atoms with Gasteiger partial charge in [-0.05, 0) is 31.7 Å². The molecule has 0 bridgehead atoms. The van der Waals surface area contributed by atoms with Crippen LogP contribution >= 0.6 is 11.8 Å². The maximum atomic E-state index is 13.8. The second kappa shape index (κ2) is 8.55. The Kier molecular flexibility index (Phi) is 6.18. The number of piperidine rings is 1. The summed E-state index contributed by atoms with van der Waals surface area (Å²) in [7, 11) is 0. The lowest BCUT2D eigenvalue weighted by Gasteiger charge is -2.33. The lowest BCUT2D eigenvalue weighted by atomic mass is 10.0. The van der Waals surface area contributed by atoms with Crippen LogP contribution in [-0.4, -0.2) is 40.3 Å². The van der Waals surface area contributed by atoms with E-state index in [0.29, 0.717) is 12.6 Å². The molecule has 6 heteroatoms. The van der Waals surface area contributed by atoms with Crippen molar-refractivity contribution >= 4 is 11.8 Å². The Morgan fingerprint density at radius 1 is 1.29 bits per heavy atom. The van der Waals surface area contributed by atoms with Gasteiger partial charge in [0.15, 0.2) is 5.16 Å². The summed E-state index contributed by atoms with van der Waals surface area (Å²) in [6, 6.07) is 7.47. The number of hydrogen-bond acceptors (Lipinski definition) is 5. The minimum absolute atomic E-state index is 0.112. The van der Waals surface area contributed by atoms with Crippen molar-refractivity contribution in [2.75, 3.05) is 19.3 Å². The van der Waals surface area contributed by atoms with Gasteiger partial charge in [0, 0.05) is 49.2 Å². The Hall–Kier alpha value is -1.50. The van der Waals surface area contributed by atoms with Crippen molar-refractivity contribution in [3.63, 3.8) is 0 Å². The summed E-state index contributed by atoms with van der Waals surface area (Å²) in [6.07, 6.45) is 8.02. The van der Waals surface area contributed by atoms with Crippen molar-refractivity contribution in [1.82, 2.24) is 20.2 Å². The zero-order valence-corrected chi connectivity index (χ0v) is 14.7. The van der Waals surface area contributed by atoms with Crippen LogP contribution in [0.25, 0.3) is 0 Å². The fourth-order valence-corrected chi connectivity index (χ4v) is 3.35. The third-order valence-electron chi connectivity index (χ3n) is 4.32. The molecule has 1 aromatic carbocycles. The summed E-state index contributed by atoms with van der Waals surface area (Å²) in [5, 5.41) is 4.38. The zero-order chi connectivity index (χ0) is 16.8. The first kappa shape index (κ1) is 17.3. The third kappa shape index (κ3) is 4.75. The van der Waals surface area contributed by atoms with Gasteiger partial charge in [-0.15, -0.1) is 0 Å². The highest BCUT2D eigenvalue weighted by molar-refractivity contribution is 7.98. The van der Waals surface area contributed by atoms with Gasteiger partial charge in [-0.2, -0.15) is 0 Å². The number of nitrogens with zero attached hydrogens (tertiary/aromatic N) is 3. The summed E-state index contributed by atoms with van der Waals surface area (Å²) >= 11 is 1.55. The lowest BCUT2D eigenvalue weighted by molar-refractivity contribution is 0.181. The molecular weight excluding hydrogens is 323 g/mol. The quantitative estimate of drug-likeness (QED) is 0.643. The average Bonchev–Trinajstić information content (AvgIpc) is 2.63. The molecule has 0 spiro atoms. The Bertz CT molecular complexity index is 650. The van der Waals surface area contributed by atoms with Gasteiger partial charge in [-0.3, -0.25) is 4.90 Å². The van der Waals surface area contributed by atoms with Gasteiger partial charge in [0.05, 0.1) is 0 Å². The molecule has 0 aliphatic carbocycles. The van der Waals surface area contributed by atoms with Crippen molar-refractivity contribution in [2.45, 2.75) is 37.1 Å². The van der Waals surface area contributed by atoms with Crippen LogP contribution in [-0.2, 0) is 13.1 Å². The van der Waals surface area contributed by atoms with Crippen molar-refractivity contribution in [2.24, 2.45) is 0 Å². The number of rotatable bonds is 6. The summed E-state index contributed by atoms with van der Waals surface area (Å²) in [4.78, 5) is 10.9. The van der Waals surface area contributed by atoms with E-state index >= 15 is 0 Å². The van der Waals surface area contributed by atoms with E-state index in [9.17, 15) is 4.39 Å². The van der Waals surface area contributed by atoms with E-state index < -0.39 is 0 Å². The molecule has 24 heavy (non-hydrogen) atoms. The first-order valence-electron chi connectivity index (χ1n) is 8.28. The first-order valence-corrected chi connectivity index (χ1v) is 9.51. The standard InChI is InChI=1S/C18H23FN4S/c1-24-18-21-10-14(11-22-18)9-20-16-6-4-8-23(13-16)12-15-5-2-3-7-17(15)19/h2-3,5,7,10-11,16,20H,4,6,8-9,12-13H2,1H3/t16-/m0/s1. The summed E-state index contributed by atoms with van der Waals surface area (Å²) < 4.78 is 13.8. The molecule has 1 aromatic heterocycles. The van der Waals surface area contributed by atoms with Gasteiger partial charge in [0.25, 0.3) is 0 Å². The van der Waals surface area contributed by atoms with E-state index in [1.54, 1.807) is 17.8 Å². The van der Waals surface area contributed by atoms with Crippen LogP contribution in [0.5, 0.6) is 0 Å². The molecule has 2 aromatic rings. The number of benzene rings is 1. The number of halogens is 1. The van der Waals surface area contributed by atoms with Crippen molar-refractivity contribution in [1.29, 1.82) is 0 Å². The molecule has 1 N–H and O–H groups in total. The van der Waals surface area contributed by atoms with Gasteiger partial charge in [0.2, 0.25) is 0 Å². The molecule has 0 unspecified atom stereocenters. The second-order valence-corrected chi connectivity index (χ2v) is 6.90. The highest BCUT2D eigenvalue weighted by Gasteiger charge is 2.20. The van der Waals surface area contributed by atoms with Crippen LogP contribution in [0.3, 0.4) is 0 Å². The molecule has 128 valence electrons. The number of hydrogen-bond donors (Lipinski definition) is 1. The first-order chi connectivity index (χ1) is 11.7. The minimum Gasteiger partial charge on any atom is -0.309 e. The topological polar surface area (TPSA) is 41.1 Å². The van der Waals surface area contributed by atoms with Gasteiger partial charge >= 0.3 is 0 Å². The Balaban J connectivity index is 1.50. The highest BCUT2D eigenvalue weighted by atomic mass is 32.2. The molecule has 0 radical (unpaired) electrons. The number of likely N-dealkylation sites (tertiary alicyclic amines) is 1. The third-order valence-corrected chi connectivity index (χ3v) is 4.89. The van der Waals surface area contributed by atoms with E-state index in [1.807, 2.05) is 30.8 Å².